The number of pyridine rings is 1. The largest absolute Gasteiger partial charge is 0.399 e. The summed E-state index contributed by atoms with van der Waals surface area (Å²) < 4.78 is 1.95. The number of rotatable bonds is 4. The van der Waals surface area contributed by atoms with Gasteiger partial charge in [0.05, 0.1) is 22.7 Å². The molecule has 0 fully saturated rings. The fraction of sp³-hybridized carbons (Fsp3) is 0.0455. The predicted molar refractivity (Wildman–Crippen MR) is 111 cm³/mol. The maximum atomic E-state index is 5.71. The Morgan fingerprint density at radius 3 is 1.64 bits per heavy atom. The lowest BCUT2D eigenvalue weighted by Gasteiger charge is -2.04. The summed E-state index contributed by atoms with van der Waals surface area (Å²) in [5.74, 6) is 0. The number of benzene rings is 3. The molecule has 2 N–H and O–H groups in total. The van der Waals surface area contributed by atoms with Crippen molar-refractivity contribution in [1.29, 1.82) is 0 Å². The second-order valence-electron chi connectivity index (χ2n) is 6.36. The summed E-state index contributed by atoms with van der Waals surface area (Å²) in [6.45, 7) is 0. The zero-order valence-corrected chi connectivity index (χ0v) is 15.4. The molecule has 6 nitrogen and oxygen atoms in total. The minimum absolute atomic E-state index is 0.700. The molecule has 0 aliphatic carbocycles. The Morgan fingerprint density at radius 1 is 0.607 bits per heavy atom. The Hall–Kier alpha value is -3.93. The molecule has 6 heteroatoms. The van der Waals surface area contributed by atoms with Crippen molar-refractivity contribution in [2.24, 2.45) is 27.5 Å². The highest BCUT2D eigenvalue weighted by molar-refractivity contribution is 5.99. The molecular weight excluding hydrogens is 348 g/mol. The molecule has 0 aliphatic heterocycles. The van der Waals surface area contributed by atoms with Crippen LogP contribution in [0.2, 0.25) is 0 Å². The maximum Gasteiger partial charge on any atom is 0.170 e. The van der Waals surface area contributed by atoms with Crippen molar-refractivity contribution in [3.63, 3.8) is 0 Å². The summed E-state index contributed by atoms with van der Waals surface area (Å²) in [6, 6.07) is 22.9. The first-order valence-corrected chi connectivity index (χ1v) is 8.85. The van der Waals surface area contributed by atoms with Gasteiger partial charge in [-0.15, -0.1) is 10.2 Å². The molecule has 0 saturated heterocycles. The number of hydrogen-bond donors (Lipinski definition) is 1. The summed E-state index contributed by atoms with van der Waals surface area (Å²) in [4.78, 5) is 0. The number of hydrogen-bond acceptors (Lipinski definition) is 5. The Kier molecular flexibility index (Phi) is 4.84. The standard InChI is InChI=1S/C22H18N6/c1-28-14-12-18(13-15-28)25-27-22-11-10-21(19-4-2-3-5-20(19)22)26-24-17-8-6-16(23)7-9-17/h2-15,23H,1H3/p+1. The fourth-order valence-electron chi connectivity index (χ4n) is 2.77. The summed E-state index contributed by atoms with van der Waals surface area (Å²) in [7, 11) is 1.96. The van der Waals surface area contributed by atoms with E-state index in [1.54, 1.807) is 12.1 Å². The number of fused-ring (bicyclic) bond motifs is 1. The van der Waals surface area contributed by atoms with Gasteiger partial charge < -0.3 is 5.73 Å². The molecule has 136 valence electrons. The molecule has 0 saturated carbocycles. The van der Waals surface area contributed by atoms with Crippen LogP contribution in [0.4, 0.5) is 28.4 Å². The molecule has 4 aromatic rings. The lowest BCUT2D eigenvalue weighted by atomic mass is 10.1. The molecule has 1 heterocycles. The molecule has 28 heavy (non-hydrogen) atoms. The Balaban J connectivity index is 1.68. The first kappa shape index (κ1) is 17.5. The van der Waals surface area contributed by atoms with Crippen molar-refractivity contribution in [2.75, 3.05) is 5.73 Å². The van der Waals surface area contributed by atoms with Gasteiger partial charge in [-0.3, -0.25) is 0 Å². The average molecular weight is 367 g/mol. The zero-order chi connectivity index (χ0) is 19.3. The van der Waals surface area contributed by atoms with E-state index in [0.29, 0.717) is 5.69 Å². The second kappa shape index (κ2) is 7.75. The smallest absolute Gasteiger partial charge is 0.170 e. The summed E-state index contributed by atoms with van der Waals surface area (Å²) >= 11 is 0. The Morgan fingerprint density at radius 2 is 1.11 bits per heavy atom. The molecule has 0 unspecified atom stereocenters. The minimum Gasteiger partial charge on any atom is -0.399 e. The van der Waals surface area contributed by atoms with Crippen LogP contribution in [-0.4, -0.2) is 0 Å². The van der Waals surface area contributed by atoms with E-state index >= 15 is 0 Å². The average Bonchev–Trinajstić information content (AvgIpc) is 2.73. The van der Waals surface area contributed by atoms with Gasteiger partial charge in [0.2, 0.25) is 0 Å². The van der Waals surface area contributed by atoms with Crippen LogP contribution in [0.1, 0.15) is 0 Å². The van der Waals surface area contributed by atoms with Gasteiger partial charge in [-0.25, -0.2) is 4.57 Å². The lowest BCUT2D eigenvalue weighted by molar-refractivity contribution is -0.671. The molecule has 0 amide bonds. The van der Waals surface area contributed by atoms with Gasteiger partial charge in [-0.1, -0.05) is 24.3 Å². The molecule has 0 spiro atoms. The molecule has 3 aromatic carbocycles. The monoisotopic (exact) mass is 367 g/mol. The molecule has 4 rings (SSSR count). The van der Waals surface area contributed by atoms with E-state index in [0.717, 1.165) is 33.5 Å². The zero-order valence-electron chi connectivity index (χ0n) is 15.4. The van der Waals surface area contributed by atoms with Crippen LogP contribution in [0.3, 0.4) is 0 Å². The number of aromatic nitrogens is 1. The van der Waals surface area contributed by atoms with Crippen molar-refractivity contribution >= 4 is 39.2 Å². The van der Waals surface area contributed by atoms with Gasteiger partial charge in [0, 0.05) is 28.6 Å². The highest BCUT2D eigenvalue weighted by atomic mass is 15.1. The SMILES string of the molecule is C[n+]1ccc(N=Nc2ccc(N=Nc3ccc(N)cc3)c3ccccc23)cc1. The van der Waals surface area contributed by atoms with Crippen molar-refractivity contribution in [1.82, 2.24) is 0 Å². The van der Waals surface area contributed by atoms with Gasteiger partial charge in [-0.05, 0) is 36.4 Å². The van der Waals surface area contributed by atoms with E-state index in [-0.39, 0.29) is 0 Å². The maximum absolute atomic E-state index is 5.71. The van der Waals surface area contributed by atoms with Crippen LogP contribution >= 0.6 is 0 Å². The third kappa shape index (κ3) is 3.91. The number of nitrogens with zero attached hydrogens (tertiary/aromatic N) is 5. The van der Waals surface area contributed by atoms with E-state index in [1.165, 1.54) is 0 Å². The number of azo groups is 2. The van der Waals surface area contributed by atoms with Gasteiger partial charge in [0.15, 0.2) is 12.4 Å². The third-order valence-corrected chi connectivity index (χ3v) is 4.28. The van der Waals surface area contributed by atoms with Gasteiger partial charge in [-0.2, -0.15) is 10.2 Å². The molecule has 0 aliphatic rings. The van der Waals surface area contributed by atoms with Gasteiger partial charge in [0.25, 0.3) is 0 Å². The first-order valence-electron chi connectivity index (χ1n) is 8.85. The summed E-state index contributed by atoms with van der Waals surface area (Å²) in [6.07, 6.45) is 3.88. The van der Waals surface area contributed by atoms with Crippen LogP contribution in [0.25, 0.3) is 10.8 Å². The van der Waals surface area contributed by atoms with Crippen LogP contribution in [0.5, 0.6) is 0 Å². The van der Waals surface area contributed by atoms with Crippen molar-refractivity contribution in [2.45, 2.75) is 0 Å². The second-order valence-corrected chi connectivity index (χ2v) is 6.36. The van der Waals surface area contributed by atoms with E-state index in [1.807, 2.05) is 84.7 Å². The molecule has 0 radical (unpaired) electrons. The van der Waals surface area contributed by atoms with E-state index in [9.17, 15) is 0 Å². The summed E-state index contributed by atoms with van der Waals surface area (Å²) in [5, 5.41) is 19.4. The highest BCUT2D eigenvalue weighted by Crippen LogP contribution is 2.35. The molecule has 1 aromatic heterocycles. The predicted octanol–water partition coefficient (Wildman–Crippen LogP) is 6.08. The molecule has 0 bridgehead atoms. The summed E-state index contributed by atoms with van der Waals surface area (Å²) in [5.41, 5.74) is 9.52. The third-order valence-electron chi connectivity index (χ3n) is 4.28. The minimum atomic E-state index is 0.700. The molecular formula is C22H19N6+. The van der Waals surface area contributed by atoms with Crippen molar-refractivity contribution in [3.05, 3.63) is 85.2 Å². The van der Waals surface area contributed by atoms with Crippen LogP contribution in [0, 0.1) is 0 Å². The van der Waals surface area contributed by atoms with Crippen LogP contribution in [0.15, 0.2) is 106 Å². The molecule has 0 atom stereocenters. The number of anilines is 1. The van der Waals surface area contributed by atoms with Gasteiger partial charge in [0.1, 0.15) is 7.05 Å². The van der Waals surface area contributed by atoms with Crippen LogP contribution < -0.4 is 10.3 Å². The first-order chi connectivity index (χ1) is 13.7. The van der Waals surface area contributed by atoms with E-state index in [4.69, 9.17) is 5.73 Å². The van der Waals surface area contributed by atoms with Crippen LogP contribution in [-0.2, 0) is 7.05 Å². The lowest BCUT2D eigenvalue weighted by Crippen LogP contribution is -2.25. The fourth-order valence-corrected chi connectivity index (χ4v) is 2.77. The Labute approximate surface area is 162 Å². The van der Waals surface area contributed by atoms with E-state index < -0.39 is 0 Å². The highest BCUT2D eigenvalue weighted by Gasteiger charge is 2.05. The van der Waals surface area contributed by atoms with Crippen molar-refractivity contribution < 1.29 is 4.57 Å². The Bertz CT molecular complexity index is 1070. The normalized spacial score (nSPS) is 11.6. The van der Waals surface area contributed by atoms with Gasteiger partial charge >= 0.3 is 0 Å². The number of aryl methyl sites for hydroxylation is 1. The topological polar surface area (TPSA) is 79.3 Å². The van der Waals surface area contributed by atoms with Crippen molar-refractivity contribution in [3.8, 4) is 0 Å². The number of nitrogen functional groups attached to an aromatic ring is 1. The van der Waals surface area contributed by atoms with E-state index in [2.05, 4.69) is 20.5 Å². The quantitative estimate of drug-likeness (QED) is 0.265. The number of nitrogens with two attached hydrogens (primary N) is 1.